The second-order valence-corrected chi connectivity index (χ2v) is 9.87. The molecule has 0 N–H and O–H groups in total. The Morgan fingerprint density at radius 3 is 2.54 bits per heavy atom. The van der Waals surface area contributed by atoms with Gasteiger partial charge in [-0.3, -0.25) is 9.78 Å². The number of piperidine rings is 1. The molecule has 0 bridgehead atoms. The molecule has 140 valence electrons. The first-order chi connectivity index (χ1) is 12.3. The molecule has 0 aliphatic carbocycles. The Balaban J connectivity index is 1.76. The Morgan fingerprint density at radius 1 is 1.19 bits per heavy atom. The number of likely N-dealkylation sites (tertiary alicyclic amines) is 1. The van der Waals surface area contributed by atoms with Crippen molar-refractivity contribution in [1.82, 2.24) is 9.88 Å². The van der Waals surface area contributed by atoms with E-state index in [4.69, 9.17) is 0 Å². The first-order valence-corrected chi connectivity index (χ1v) is 10.9. The molecular weight excluding hydrogens is 348 g/mol. The van der Waals surface area contributed by atoms with E-state index in [0.717, 1.165) is 11.1 Å². The molecule has 0 radical (unpaired) electrons. The summed E-state index contributed by atoms with van der Waals surface area (Å²) in [5, 5.41) is 0.609. The molecule has 2 aromatic rings. The quantitative estimate of drug-likeness (QED) is 0.824. The maximum atomic E-state index is 13.0. The number of benzene rings is 1. The van der Waals surface area contributed by atoms with Crippen molar-refractivity contribution < 1.29 is 13.2 Å². The lowest BCUT2D eigenvalue weighted by atomic mass is 10.1. The highest BCUT2D eigenvalue weighted by atomic mass is 32.2. The minimum Gasteiger partial charge on any atom is -0.338 e. The Labute approximate surface area is 155 Å². The summed E-state index contributed by atoms with van der Waals surface area (Å²) < 4.78 is 24.9. The van der Waals surface area contributed by atoms with Crippen LogP contribution in [0.4, 0.5) is 0 Å². The average molecular weight is 375 g/mol. The highest BCUT2D eigenvalue weighted by Gasteiger charge is 2.32. The third-order valence-corrected chi connectivity index (χ3v) is 7.51. The van der Waals surface area contributed by atoms with Crippen molar-refractivity contribution >= 4 is 26.6 Å². The van der Waals surface area contributed by atoms with Crippen molar-refractivity contribution in [3.8, 4) is 0 Å². The number of nitrogens with zero attached hydrogens (tertiary/aromatic N) is 2. The highest BCUT2D eigenvalue weighted by molar-refractivity contribution is 7.92. The van der Waals surface area contributed by atoms with Crippen molar-refractivity contribution in [3.63, 3.8) is 0 Å². The molecule has 1 fully saturated rings. The van der Waals surface area contributed by atoms with Crippen LogP contribution in [-0.4, -0.2) is 48.3 Å². The summed E-state index contributed by atoms with van der Waals surface area (Å²) in [6, 6.07) is 9.52. The predicted octanol–water partition coefficient (Wildman–Crippen LogP) is 3.22. The number of sulfone groups is 1. The highest BCUT2D eigenvalue weighted by Crippen LogP contribution is 2.24. The van der Waals surface area contributed by atoms with Crippen LogP contribution in [0.5, 0.6) is 0 Å². The first kappa shape index (κ1) is 18.8. The normalized spacial score (nSPS) is 16.4. The van der Waals surface area contributed by atoms with Crippen LogP contribution in [0.2, 0.25) is 0 Å². The smallest absolute Gasteiger partial charge is 0.256 e. The number of hydrogen-bond acceptors (Lipinski definition) is 4. The molecule has 1 aromatic heterocycles. The van der Waals surface area contributed by atoms with Gasteiger partial charge in [0.15, 0.2) is 9.84 Å². The number of aromatic nitrogens is 1. The van der Waals surface area contributed by atoms with Crippen LogP contribution in [0.15, 0.2) is 30.3 Å². The Morgan fingerprint density at radius 2 is 1.88 bits per heavy atom. The molecule has 26 heavy (non-hydrogen) atoms. The molecule has 0 spiro atoms. The van der Waals surface area contributed by atoms with Crippen molar-refractivity contribution in [1.29, 1.82) is 0 Å². The summed E-state index contributed by atoms with van der Waals surface area (Å²) in [6.45, 7) is 6.70. The maximum absolute atomic E-state index is 13.0. The summed E-state index contributed by atoms with van der Waals surface area (Å²) in [5.41, 5.74) is 2.18. The predicted molar refractivity (Wildman–Crippen MR) is 104 cm³/mol. The summed E-state index contributed by atoms with van der Waals surface area (Å²) in [4.78, 5) is 19.3. The molecule has 2 heterocycles. The van der Waals surface area contributed by atoms with Crippen LogP contribution in [0.3, 0.4) is 0 Å². The topological polar surface area (TPSA) is 67.3 Å². The van der Waals surface area contributed by atoms with Crippen molar-refractivity contribution in [2.75, 3.05) is 18.8 Å². The number of para-hydroxylation sites is 1. The second kappa shape index (κ2) is 7.35. The number of hydrogen-bond donors (Lipinski definition) is 0. The van der Waals surface area contributed by atoms with Gasteiger partial charge in [-0.25, -0.2) is 8.42 Å². The van der Waals surface area contributed by atoms with Gasteiger partial charge in [0, 0.05) is 24.2 Å². The van der Waals surface area contributed by atoms with Gasteiger partial charge in [-0.1, -0.05) is 32.0 Å². The fourth-order valence-electron chi connectivity index (χ4n) is 3.61. The van der Waals surface area contributed by atoms with E-state index in [1.807, 2.05) is 45.0 Å². The Bertz CT molecular complexity index is 914. The van der Waals surface area contributed by atoms with Gasteiger partial charge in [-0.2, -0.15) is 0 Å². The van der Waals surface area contributed by atoms with Gasteiger partial charge in [-0.15, -0.1) is 0 Å². The van der Waals surface area contributed by atoms with Gasteiger partial charge < -0.3 is 4.90 Å². The van der Waals surface area contributed by atoms with Crippen LogP contribution >= 0.6 is 0 Å². The molecule has 6 heteroatoms. The van der Waals surface area contributed by atoms with E-state index in [2.05, 4.69) is 4.98 Å². The number of aryl methyl sites for hydroxylation is 1. The number of carbonyl (C=O) groups is 1. The number of amides is 1. The van der Waals surface area contributed by atoms with E-state index in [-0.39, 0.29) is 22.8 Å². The molecular formula is C20H26N2O3S. The van der Waals surface area contributed by atoms with E-state index < -0.39 is 9.84 Å². The van der Waals surface area contributed by atoms with E-state index in [1.54, 1.807) is 11.0 Å². The molecule has 3 rings (SSSR count). The average Bonchev–Trinajstić information content (AvgIpc) is 2.59. The number of rotatable bonds is 4. The summed E-state index contributed by atoms with van der Waals surface area (Å²) in [7, 11) is -3.09. The number of carbonyl (C=O) groups excluding carboxylic acids is 1. The van der Waals surface area contributed by atoms with Crippen LogP contribution in [0, 0.1) is 12.8 Å². The van der Waals surface area contributed by atoms with Crippen molar-refractivity contribution in [2.45, 2.75) is 38.9 Å². The van der Waals surface area contributed by atoms with Gasteiger partial charge >= 0.3 is 0 Å². The third kappa shape index (κ3) is 3.90. The van der Waals surface area contributed by atoms with E-state index >= 15 is 0 Å². The zero-order valence-electron chi connectivity index (χ0n) is 15.6. The molecule has 0 unspecified atom stereocenters. The summed E-state index contributed by atoms with van der Waals surface area (Å²) in [6.07, 6.45) is 1.02. The lowest BCUT2D eigenvalue weighted by Gasteiger charge is -2.32. The first-order valence-electron chi connectivity index (χ1n) is 9.15. The summed E-state index contributed by atoms with van der Waals surface area (Å²) in [5.74, 6) is 0.288. The second-order valence-electron chi connectivity index (χ2n) is 7.54. The van der Waals surface area contributed by atoms with Crippen molar-refractivity contribution in [2.24, 2.45) is 5.92 Å². The van der Waals surface area contributed by atoms with E-state index in [0.29, 0.717) is 37.0 Å². The molecule has 0 atom stereocenters. The Hall–Kier alpha value is -1.95. The monoisotopic (exact) mass is 374 g/mol. The van der Waals surface area contributed by atoms with Gasteiger partial charge in [0.1, 0.15) is 0 Å². The van der Waals surface area contributed by atoms with Crippen LogP contribution in [-0.2, 0) is 9.84 Å². The van der Waals surface area contributed by atoms with Gasteiger partial charge in [0.05, 0.1) is 22.1 Å². The van der Waals surface area contributed by atoms with Gasteiger partial charge in [-0.05, 0) is 37.8 Å². The number of pyridine rings is 1. The molecule has 1 amide bonds. The van der Waals surface area contributed by atoms with E-state index in [1.165, 1.54) is 0 Å². The minimum absolute atomic E-state index is 0.0617. The van der Waals surface area contributed by atoms with Gasteiger partial charge in [0.25, 0.3) is 5.91 Å². The maximum Gasteiger partial charge on any atom is 0.256 e. The molecule has 1 aliphatic heterocycles. The SMILES string of the molecule is Cc1ccc2cccc(C(=O)N3CCC(S(=O)(=O)CC(C)C)CC3)c2n1. The minimum atomic E-state index is -3.09. The lowest BCUT2D eigenvalue weighted by molar-refractivity contribution is 0.0727. The molecule has 1 aliphatic rings. The standard InChI is InChI=1S/C20H26N2O3S/c1-14(2)13-26(24,25)17-9-11-22(12-10-17)20(23)18-6-4-5-16-8-7-15(3)21-19(16)18/h4-8,14,17H,9-13H2,1-3H3. The zero-order chi connectivity index (χ0) is 18.9. The largest absolute Gasteiger partial charge is 0.338 e. The molecule has 5 nitrogen and oxygen atoms in total. The van der Waals surface area contributed by atoms with E-state index in [9.17, 15) is 13.2 Å². The fraction of sp³-hybridized carbons (Fsp3) is 0.500. The lowest BCUT2D eigenvalue weighted by Crippen LogP contribution is -2.43. The Kier molecular flexibility index (Phi) is 5.32. The summed E-state index contributed by atoms with van der Waals surface area (Å²) >= 11 is 0. The van der Waals surface area contributed by atoms with Crippen LogP contribution < -0.4 is 0 Å². The van der Waals surface area contributed by atoms with Crippen LogP contribution in [0.1, 0.15) is 42.7 Å². The fourth-order valence-corrected chi connectivity index (χ4v) is 5.74. The van der Waals surface area contributed by atoms with Crippen LogP contribution in [0.25, 0.3) is 10.9 Å². The third-order valence-electron chi connectivity index (χ3n) is 4.89. The molecule has 1 aromatic carbocycles. The van der Waals surface area contributed by atoms with Gasteiger partial charge in [0.2, 0.25) is 0 Å². The zero-order valence-corrected chi connectivity index (χ0v) is 16.4. The molecule has 0 saturated carbocycles. The van der Waals surface area contributed by atoms with Crippen molar-refractivity contribution in [3.05, 3.63) is 41.6 Å². The molecule has 1 saturated heterocycles. The number of fused-ring (bicyclic) bond motifs is 1.